The van der Waals surface area contributed by atoms with Crippen LogP contribution in [0.15, 0.2) is 54.9 Å². The van der Waals surface area contributed by atoms with Crippen LogP contribution in [0.3, 0.4) is 0 Å². The maximum atomic E-state index is 14.0. The summed E-state index contributed by atoms with van der Waals surface area (Å²) in [6.07, 6.45) is 0.391. The molecule has 0 radical (unpaired) electrons. The van der Waals surface area contributed by atoms with Crippen molar-refractivity contribution in [1.29, 1.82) is 0 Å². The highest BCUT2D eigenvalue weighted by atomic mass is 19.3. The van der Waals surface area contributed by atoms with Gasteiger partial charge in [0.1, 0.15) is 11.6 Å². The number of rotatable bonds is 6. The van der Waals surface area contributed by atoms with E-state index in [0.29, 0.717) is 73.6 Å². The van der Waals surface area contributed by atoms with Crippen LogP contribution in [0.25, 0.3) is 16.9 Å². The van der Waals surface area contributed by atoms with Gasteiger partial charge in [-0.1, -0.05) is 12.1 Å². The molecule has 0 saturated carbocycles. The van der Waals surface area contributed by atoms with Crippen molar-refractivity contribution in [2.24, 2.45) is 0 Å². The van der Waals surface area contributed by atoms with Gasteiger partial charge < -0.3 is 19.9 Å². The molecule has 2 aliphatic heterocycles. The summed E-state index contributed by atoms with van der Waals surface area (Å²) >= 11 is 0. The lowest BCUT2D eigenvalue weighted by molar-refractivity contribution is 0.0625. The molecule has 37 heavy (non-hydrogen) atoms. The Morgan fingerprint density at radius 3 is 2.54 bits per heavy atom. The summed E-state index contributed by atoms with van der Waals surface area (Å²) in [5.74, 6) is 0.767. The molecule has 2 saturated heterocycles. The zero-order valence-electron chi connectivity index (χ0n) is 19.8. The minimum absolute atomic E-state index is 0.0415. The number of amides is 1. The number of carbonyl (C=O) groups is 1. The van der Waals surface area contributed by atoms with Gasteiger partial charge in [-0.3, -0.25) is 14.3 Å². The maximum Gasteiger partial charge on any atom is 0.296 e. The Kier molecular flexibility index (Phi) is 6.08. The first kappa shape index (κ1) is 23.2. The standard InChI is InChI=1S/C25H24F2N8O2/c26-22(27)23-30-18-3-1-2-4-19(18)35(23)21-13-20(31-25(32-21)33-9-11-37-12-10-33)29-17-14-34(15-17)24(36)16-5-7-28-8-6-16/h1-8,13,17,22H,9-12,14-15H2,(H,29,31,32). The van der Waals surface area contributed by atoms with Crippen molar-refractivity contribution in [2.75, 3.05) is 49.6 Å². The molecule has 1 aromatic carbocycles. The number of imidazole rings is 1. The lowest BCUT2D eigenvalue weighted by Crippen LogP contribution is -2.57. The average molecular weight is 507 g/mol. The van der Waals surface area contributed by atoms with Gasteiger partial charge in [0.25, 0.3) is 12.3 Å². The number of morpholine rings is 1. The third-order valence-electron chi connectivity index (χ3n) is 6.45. The van der Waals surface area contributed by atoms with Crippen LogP contribution < -0.4 is 10.2 Å². The second-order valence-corrected chi connectivity index (χ2v) is 8.89. The number of nitrogens with one attached hydrogen (secondary N) is 1. The third kappa shape index (κ3) is 4.55. The number of hydrogen-bond acceptors (Lipinski definition) is 8. The van der Waals surface area contributed by atoms with E-state index in [1.165, 1.54) is 4.57 Å². The Morgan fingerprint density at radius 2 is 1.78 bits per heavy atom. The second-order valence-electron chi connectivity index (χ2n) is 8.89. The van der Waals surface area contributed by atoms with Crippen molar-refractivity contribution in [3.05, 3.63) is 66.2 Å². The first-order valence-corrected chi connectivity index (χ1v) is 12.0. The number of nitrogens with zero attached hydrogens (tertiary/aromatic N) is 7. The van der Waals surface area contributed by atoms with Crippen molar-refractivity contribution >= 4 is 28.7 Å². The van der Waals surface area contributed by atoms with Crippen molar-refractivity contribution in [2.45, 2.75) is 12.5 Å². The lowest BCUT2D eigenvalue weighted by Gasteiger charge is -2.40. The van der Waals surface area contributed by atoms with Crippen LogP contribution in [0.2, 0.25) is 0 Å². The number of likely N-dealkylation sites (tertiary alicyclic amines) is 1. The van der Waals surface area contributed by atoms with Gasteiger partial charge in [0.2, 0.25) is 5.95 Å². The van der Waals surface area contributed by atoms with E-state index in [1.807, 2.05) is 4.90 Å². The van der Waals surface area contributed by atoms with Crippen LogP contribution in [0.5, 0.6) is 0 Å². The van der Waals surface area contributed by atoms with Crippen molar-refractivity contribution < 1.29 is 18.3 Å². The van der Waals surface area contributed by atoms with Gasteiger partial charge in [-0.25, -0.2) is 13.8 Å². The number of benzene rings is 1. The molecule has 4 aromatic rings. The van der Waals surface area contributed by atoms with Crippen LogP contribution in [0.4, 0.5) is 20.5 Å². The molecule has 0 spiro atoms. The van der Waals surface area contributed by atoms with Gasteiger partial charge in [-0.15, -0.1) is 0 Å². The number of hydrogen-bond donors (Lipinski definition) is 1. The number of aromatic nitrogens is 5. The molecule has 3 aromatic heterocycles. The van der Waals surface area contributed by atoms with E-state index in [4.69, 9.17) is 4.74 Å². The highest BCUT2D eigenvalue weighted by molar-refractivity contribution is 5.94. The molecule has 5 heterocycles. The number of carbonyl (C=O) groups excluding carboxylic acids is 1. The molecule has 0 aliphatic carbocycles. The average Bonchev–Trinajstić information content (AvgIpc) is 3.31. The molecule has 0 bridgehead atoms. The molecule has 1 N–H and O–H groups in total. The highest BCUT2D eigenvalue weighted by Gasteiger charge is 2.32. The van der Waals surface area contributed by atoms with Crippen molar-refractivity contribution in [1.82, 2.24) is 29.4 Å². The SMILES string of the molecule is O=C(c1ccncc1)N1CC(Nc2cc(-n3c(C(F)F)nc4ccccc43)nc(N3CCOCC3)n2)C1. The van der Waals surface area contributed by atoms with E-state index in [9.17, 15) is 13.6 Å². The molecule has 10 nitrogen and oxygen atoms in total. The monoisotopic (exact) mass is 506 g/mol. The van der Waals surface area contributed by atoms with Crippen LogP contribution >= 0.6 is 0 Å². The Morgan fingerprint density at radius 1 is 1.03 bits per heavy atom. The minimum atomic E-state index is -2.79. The minimum Gasteiger partial charge on any atom is -0.378 e. The molecule has 1 amide bonds. The van der Waals surface area contributed by atoms with E-state index >= 15 is 0 Å². The number of pyridine rings is 1. The topological polar surface area (TPSA) is 101 Å². The van der Waals surface area contributed by atoms with E-state index in [0.717, 1.165) is 0 Å². The van der Waals surface area contributed by atoms with Gasteiger partial charge >= 0.3 is 0 Å². The Labute approximate surface area is 210 Å². The van der Waals surface area contributed by atoms with Gasteiger partial charge in [-0.2, -0.15) is 9.97 Å². The number of fused-ring (bicyclic) bond motifs is 1. The van der Waals surface area contributed by atoms with Crippen molar-refractivity contribution in [3.63, 3.8) is 0 Å². The Balaban J connectivity index is 1.31. The molecule has 190 valence electrons. The molecule has 12 heteroatoms. The summed E-state index contributed by atoms with van der Waals surface area (Å²) < 4.78 is 34.9. The summed E-state index contributed by atoms with van der Waals surface area (Å²) in [5.41, 5.74) is 1.58. The predicted octanol–water partition coefficient (Wildman–Crippen LogP) is 2.92. The lowest BCUT2D eigenvalue weighted by atomic mass is 10.1. The quantitative estimate of drug-likeness (QED) is 0.426. The molecular formula is C25H24F2N8O2. The van der Waals surface area contributed by atoms with Gasteiger partial charge in [-0.05, 0) is 24.3 Å². The third-order valence-corrected chi connectivity index (χ3v) is 6.45. The molecule has 6 rings (SSSR count). The molecule has 2 aliphatic rings. The van der Waals surface area contributed by atoms with Gasteiger partial charge in [0, 0.05) is 50.2 Å². The summed E-state index contributed by atoms with van der Waals surface area (Å²) in [4.78, 5) is 33.8. The number of alkyl halides is 2. The van der Waals surface area contributed by atoms with E-state index < -0.39 is 6.43 Å². The zero-order chi connectivity index (χ0) is 25.4. The van der Waals surface area contributed by atoms with E-state index in [2.05, 4.69) is 25.3 Å². The zero-order valence-corrected chi connectivity index (χ0v) is 19.8. The first-order chi connectivity index (χ1) is 18.1. The maximum absolute atomic E-state index is 14.0. The fourth-order valence-corrected chi connectivity index (χ4v) is 4.57. The smallest absolute Gasteiger partial charge is 0.296 e. The summed E-state index contributed by atoms with van der Waals surface area (Å²) in [6.45, 7) is 3.22. The molecular weight excluding hydrogens is 482 g/mol. The van der Waals surface area contributed by atoms with Crippen LogP contribution in [0, 0.1) is 0 Å². The number of anilines is 2. The summed E-state index contributed by atoms with van der Waals surface area (Å²) in [5, 5.41) is 3.36. The second kappa shape index (κ2) is 9.69. The fraction of sp³-hybridized carbons (Fsp3) is 0.320. The Hall–Kier alpha value is -4.19. The number of para-hydroxylation sites is 2. The fourth-order valence-electron chi connectivity index (χ4n) is 4.57. The largest absolute Gasteiger partial charge is 0.378 e. The van der Waals surface area contributed by atoms with Crippen LogP contribution in [0.1, 0.15) is 22.6 Å². The molecule has 0 atom stereocenters. The predicted molar refractivity (Wildman–Crippen MR) is 132 cm³/mol. The van der Waals surface area contributed by atoms with Gasteiger partial charge in [0.05, 0.1) is 30.3 Å². The number of halogens is 2. The Bertz CT molecular complexity index is 1420. The molecule has 0 unspecified atom stereocenters. The van der Waals surface area contributed by atoms with Gasteiger partial charge in [0.15, 0.2) is 5.82 Å². The van der Waals surface area contributed by atoms with E-state index in [-0.39, 0.29) is 17.8 Å². The van der Waals surface area contributed by atoms with Crippen molar-refractivity contribution in [3.8, 4) is 5.82 Å². The number of ether oxygens (including phenoxy) is 1. The van der Waals surface area contributed by atoms with Crippen LogP contribution in [-0.2, 0) is 4.74 Å². The molecule has 2 fully saturated rings. The highest BCUT2D eigenvalue weighted by Crippen LogP contribution is 2.29. The summed E-state index contributed by atoms with van der Waals surface area (Å²) in [7, 11) is 0. The normalized spacial score (nSPS) is 16.3. The van der Waals surface area contributed by atoms with Crippen LogP contribution in [-0.4, -0.2) is 80.7 Å². The first-order valence-electron chi connectivity index (χ1n) is 12.0. The summed E-state index contributed by atoms with van der Waals surface area (Å²) in [6, 6.07) is 12.0. The van der Waals surface area contributed by atoms with E-state index in [1.54, 1.807) is 59.8 Å².